The maximum atomic E-state index is 13.3. The van der Waals surface area contributed by atoms with Crippen molar-refractivity contribution in [3.05, 3.63) is 95.6 Å². The molecule has 1 aliphatic rings. The van der Waals surface area contributed by atoms with E-state index in [0.717, 1.165) is 36.1 Å². The fourth-order valence-corrected chi connectivity index (χ4v) is 5.33. The number of benzene rings is 3. The van der Waals surface area contributed by atoms with Crippen LogP contribution in [-0.2, 0) is 22.9 Å². The van der Waals surface area contributed by atoms with Crippen LogP contribution in [0.3, 0.4) is 0 Å². The Balaban J connectivity index is 1.51. The van der Waals surface area contributed by atoms with E-state index in [-0.39, 0.29) is 10.8 Å². The molecule has 3 aromatic rings. The Hall–Kier alpha value is -3.12. The summed E-state index contributed by atoms with van der Waals surface area (Å²) < 4.78 is 28.1. The number of fused-ring (bicyclic) bond motifs is 1. The van der Waals surface area contributed by atoms with Crippen LogP contribution in [-0.4, -0.2) is 27.4 Å². The van der Waals surface area contributed by atoms with E-state index in [1.54, 1.807) is 18.2 Å². The topological polar surface area (TPSA) is 66.5 Å². The molecule has 1 N–H and O–H groups in total. The number of hydrogen-bond acceptors (Lipinski definition) is 3. The fraction of sp³-hybridized carbons (Fsp3) is 0.208. The number of para-hydroxylation sites is 1. The van der Waals surface area contributed by atoms with Crippen molar-refractivity contribution in [3.8, 4) is 0 Å². The van der Waals surface area contributed by atoms with Crippen LogP contribution in [0.25, 0.3) is 0 Å². The third-order valence-corrected chi connectivity index (χ3v) is 7.10. The second kappa shape index (κ2) is 8.71. The van der Waals surface area contributed by atoms with E-state index in [0.29, 0.717) is 18.7 Å². The number of amides is 1. The lowest BCUT2D eigenvalue weighted by Crippen LogP contribution is -2.35. The Labute approximate surface area is 177 Å². The highest BCUT2D eigenvalue weighted by Gasteiger charge is 2.29. The number of nitrogens with zero attached hydrogens (tertiary/aromatic N) is 1. The van der Waals surface area contributed by atoms with Crippen LogP contribution in [0.1, 0.15) is 27.9 Å². The Bertz CT molecular complexity index is 1140. The van der Waals surface area contributed by atoms with Crippen molar-refractivity contribution < 1.29 is 13.2 Å². The molecule has 0 saturated carbocycles. The van der Waals surface area contributed by atoms with Crippen molar-refractivity contribution in [2.24, 2.45) is 0 Å². The third-order valence-electron chi connectivity index (χ3n) is 5.29. The van der Waals surface area contributed by atoms with E-state index in [9.17, 15) is 13.2 Å². The lowest BCUT2D eigenvalue weighted by atomic mass is 10.0. The van der Waals surface area contributed by atoms with E-state index in [2.05, 4.69) is 5.32 Å². The number of nitrogens with one attached hydrogen (secondary N) is 1. The van der Waals surface area contributed by atoms with Gasteiger partial charge in [0.2, 0.25) is 0 Å². The van der Waals surface area contributed by atoms with Gasteiger partial charge in [-0.3, -0.25) is 9.10 Å². The van der Waals surface area contributed by atoms with Crippen molar-refractivity contribution in [3.63, 3.8) is 0 Å². The van der Waals surface area contributed by atoms with Crippen LogP contribution >= 0.6 is 0 Å². The molecule has 0 unspecified atom stereocenters. The van der Waals surface area contributed by atoms with Gasteiger partial charge in [-0.05, 0) is 54.7 Å². The predicted octanol–water partition coefficient (Wildman–Crippen LogP) is 3.80. The van der Waals surface area contributed by atoms with E-state index >= 15 is 0 Å². The molecule has 0 fully saturated rings. The average molecular weight is 421 g/mol. The minimum Gasteiger partial charge on any atom is -0.352 e. The number of carbonyl (C=O) groups is 1. The zero-order valence-electron chi connectivity index (χ0n) is 16.6. The molecule has 0 bridgehead atoms. The Morgan fingerprint density at radius 3 is 2.53 bits per heavy atom. The van der Waals surface area contributed by atoms with Crippen LogP contribution in [0.15, 0.2) is 83.8 Å². The maximum absolute atomic E-state index is 13.3. The van der Waals surface area contributed by atoms with Gasteiger partial charge in [0, 0.05) is 18.7 Å². The first kappa shape index (κ1) is 20.2. The minimum atomic E-state index is -3.74. The molecule has 0 atom stereocenters. The van der Waals surface area contributed by atoms with Crippen molar-refractivity contribution >= 4 is 21.6 Å². The lowest BCUT2D eigenvalue weighted by molar-refractivity contribution is 0.0954. The molecule has 154 valence electrons. The van der Waals surface area contributed by atoms with E-state index in [1.165, 1.54) is 10.4 Å². The number of aryl methyl sites for hydroxylation is 1. The quantitative estimate of drug-likeness (QED) is 0.660. The number of carbonyl (C=O) groups excluding carboxylic acids is 1. The molecule has 5 nitrogen and oxygen atoms in total. The number of sulfonamides is 1. The van der Waals surface area contributed by atoms with Crippen molar-refractivity contribution in [1.29, 1.82) is 0 Å². The molecular weight excluding hydrogens is 396 g/mol. The number of anilines is 1. The van der Waals surface area contributed by atoms with Crippen LogP contribution < -0.4 is 9.62 Å². The zero-order valence-corrected chi connectivity index (χ0v) is 17.4. The molecule has 0 radical (unpaired) electrons. The molecular formula is C24H24N2O3S. The summed E-state index contributed by atoms with van der Waals surface area (Å²) in [4.78, 5) is 12.7. The summed E-state index contributed by atoms with van der Waals surface area (Å²) in [7, 11) is -3.74. The normalized spacial score (nSPS) is 13.5. The predicted molar refractivity (Wildman–Crippen MR) is 118 cm³/mol. The van der Waals surface area contributed by atoms with Crippen molar-refractivity contribution in [1.82, 2.24) is 5.32 Å². The monoisotopic (exact) mass is 420 g/mol. The van der Waals surface area contributed by atoms with Crippen LogP contribution in [0.5, 0.6) is 0 Å². The number of rotatable bonds is 6. The summed E-state index contributed by atoms with van der Waals surface area (Å²) in [6.07, 6.45) is 2.36. The summed E-state index contributed by atoms with van der Waals surface area (Å²) in [5, 5.41) is 2.87. The Kier molecular flexibility index (Phi) is 5.86. The Morgan fingerprint density at radius 2 is 1.70 bits per heavy atom. The molecule has 1 amide bonds. The summed E-state index contributed by atoms with van der Waals surface area (Å²) in [5.41, 5.74) is 3.23. The van der Waals surface area contributed by atoms with E-state index < -0.39 is 10.0 Å². The highest BCUT2D eigenvalue weighted by molar-refractivity contribution is 7.92. The highest BCUT2D eigenvalue weighted by atomic mass is 32.2. The number of hydrogen-bond donors (Lipinski definition) is 1. The molecule has 0 saturated heterocycles. The summed E-state index contributed by atoms with van der Waals surface area (Å²) in [6, 6.07) is 23.8. The summed E-state index contributed by atoms with van der Waals surface area (Å²) in [6.45, 7) is 0.923. The molecule has 30 heavy (non-hydrogen) atoms. The molecule has 0 aromatic heterocycles. The zero-order chi connectivity index (χ0) is 21.0. The molecule has 0 aliphatic carbocycles. The second-order valence-electron chi connectivity index (χ2n) is 7.33. The first-order valence-corrected chi connectivity index (χ1v) is 11.5. The average Bonchev–Trinajstić information content (AvgIpc) is 2.79. The molecule has 1 heterocycles. The molecule has 3 aromatic carbocycles. The smallest absolute Gasteiger partial charge is 0.264 e. The molecule has 1 aliphatic heterocycles. The standard InChI is InChI=1S/C24H24N2O3S/c27-24(25-16-15-19-8-2-1-3-9-19)21-11-6-13-22(18-21)30(28,29)26-17-7-12-20-10-4-5-14-23(20)26/h1-6,8-11,13-14,18H,7,12,15-17H2,(H,25,27). The van der Waals surface area contributed by atoms with E-state index in [4.69, 9.17) is 0 Å². The first-order valence-electron chi connectivity index (χ1n) is 10.1. The molecule has 0 spiro atoms. The summed E-state index contributed by atoms with van der Waals surface area (Å²) >= 11 is 0. The fourth-order valence-electron chi connectivity index (χ4n) is 3.74. The maximum Gasteiger partial charge on any atom is 0.264 e. The first-order chi connectivity index (χ1) is 14.6. The van der Waals surface area contributed by atoms with Gasteiger partial charge in [-0.25, -0.2) is 8.42 Å². The van der Waals surface area contributed by atoms with Gasteiger partial charge < -0.3 is 5.32 Å². The van der Waals surface area contributed by atoms with Gasteiger partial charge in [0.05, 0.1) is 10.6 Å². The van der Waals surface area contributed by atoms with Crippen LogP contribution in [0, 0.1) is 0 Å². The Morgan fingerprint density at radius 1 is 0.933 bits per heavy atom. The van der Waals surface area contributed by atoms with Gasteiger partial charge in [-0.2, -0.15) is 0 Å². The van der Waals surface area contributed by atoms with Gasteiger partial charge in [-0.1, -0.05) is 54.6 Å². The molecule has 6 heteroatoms. The van der Waals surface area contributed by atoms with Gasteiger partial charge in [0.15, 0.2) is 0 Å². The molecule has 4 rings (SSSR count). The van der Waals surface area contributed by atoms with E-state index in [1.807, 2.05) is 54.6 Å². The third kappa shape index (κ3) is 4.24. The SMILES string of the molecule is O=C(NCCc1ccccc1)c1cccc(S(=O)(=O)N2CCCc3ccccc32)c1. The second-order valence-corrected chi connectivity index (χ2v) is 9.19. The van der Waals surface area contributed by atoms with Gasteiger partial charge in [0.25, 0.3) is 15.9 Å². The van der Waals surface area contributed by atoms with Gasteiger partial charge in [0.1, 0.15) is 0 Å². The van der Waals surface area contributed by atoms with Crippen LogP contribution in [0.4, 0.5) is 5.69 Å². The van der Waals surface area contributed by atoms with Crippen LogP contribution in [0.2, 0.25) is 0 Å². The highest BCUT2D eigenvalue weighted by Crippen LogP contribution is 2.31. The largest absolute Gasteiger partial charge is 0.352 e. The van der Waals surface area contributed by atoms with Crippen molar-refractivity contribution in [2.45, 2.75) is 24.2 Å². The lowest BCUT2D eigenvalue weighted by Gasteiger charge is -2.30. The summed E-state index contributed by atoms with van der Waals surface area (Å²) in [5.74, 6) is -0.276. The van der Waals surface area contributed by atoms with Gasteiger partial charge >= 0.3 is 0 Å². The van der Waals surface area contributed by atoms with Gasteiger partial charge in [-0.15, -0.1) is 0 Å². The van der Waals surface area contributed by atoms with Crippen molar-refractivity contribution in [2.75, 3.05) is 17.4 Å². The minimum absolute atomic E-state index is 0.134.